The number of furan rings is 2. The first-order valence-electron chi connectivity index (χ1n) is 21.2. The Morgan fingerprint density at radius 3 is 1.50 bits per heavy atom. The number of hydrogen-bond acceptors (Lipinski definition) is 5. The van der Waals surface area contributed by atoms with Crippen molar-refractivity contribution in [3.8, 4) is 67.5 Å². The Balaban J connectivity index is 1.10. The van der Waals surface area contributed by atoms with E-state index in [1.165, 1.54) is 0 Å². The Morgan fingerprint density at radius 2 is 0.804 bits per heavy atom. The highest BCUT2D eigenvalue weighted by molar-refractivity contribution is 6.08. The summed E-state index contributed by atoms with van der Waals surface area (Å²) in [5.41, 5.74) is 7.25. The van der Waals surface area contributed by atoms with Gasteiger partial charge >= 0.3 is 0 Å². The second-order valence-electron chi connectivity index (χ2n) is 13.5. The Hall–Kier alpha value is -7.63. The average Bonchev–Trinajstić information content (AvgIpc) is 3.91. The van der Waals surface area contributed by atoms with E-state index in [0.717, 1.165) is 38.6 Å². The molecule has 0 atom stereocenters. The van der Waals surface area contributed by atoms with Gasteiger partial charge in [-0.15, -0.1) is 0 Å². The number of benzene rings is 8. The van der Waals surface area contributed by atoms with Gasteiger partial charge in [0.1, 0.15) is 22.3 Å². The highest BCUT2D eigenvalue weighted by atomic mass is 16.3. The van der Waals surface area contributed by atoms with Crippen molar-refractivity contribution in [3.05, 3.63) is 188 Å². The zero-order valence-electron chi connectivity index (χ0n) is 35.6. The molecule has 11 rings (SSSR count). The first kappa shape index (κ1) is 26.2. The van der Waals surface area contributed by atoms with Crippen LogP contribution in [0, 0.1) is 0 Å². The summed E-state index contributed by atoms with van der Waals surface area (Å²) >= 11 is 0. The van der Waals surface area contributed by atoms with E-state index < -0.39 is 0 Å². The lowest BCUT2D eigenvalue weighted by Gasteiger charge is -2.09. The third-order valence-electron chi connectivity index (χ3n) is 10.0. The highest BCUT2D eigenvalue weighted by Crippen LogP contribution is 2.37. The molecule has 3 aromatic heterocycles. The van der Waals surface area contributed by atoms with Crippen molar-refractivity contribution in [2.75, 3.05) is 0 Å². The Kier molecular flexibility index (Phi) is 6.10. The minimum atomic E-state index is -0.348. The molecule has 8 aromatic carbocycles. The first-order valence-corrected chi connectivity index (χ1v) is 18.2. The number of nitrogens with zero attached hydrogens (tertiary/aromatic N) is 3. The molecule has 0 aliphatic heterocycles. The van der Waals surface area contributed by atoms with Gasteiger partial charge in [-0.3, -0.25) is 0 Å². The second kappa shape index (κ2) is 13.0. The molecule has 0 aliphatic carbocycles. The molecule has 0 N–H and O–H groups in total. The lowest BCUT2D eigenvalue weighted by molar-refractivity contribution is 0.668. The van der Waals surface area contributed by atoms with Crippen molar-refractivity contribution in [2.45, 2.75) is 0 Å². The van der Waals surface area contributed by atoms with Crippen LogP contribution in [0.3, 0.4) is 0 Å². The zero-order valence-corrected chi connectivity index (χ0v) is 29.6. The molecule has 262 valence electrons. The molecule has 11 aromatic rings. The molecule has 0 bridgehead atoms. The molecule has 0 amide bonds. The number of hydrogen-bond donors (Lipinski definition) is 0. The molecular weight excluding hydrogens is 687 g/mol. The van der Waals surface area contributed by atoms with Crippen LogP contribution in [-0.2, 0) is 0 Å². The van der Waals surface area contributed by atoms with Gasteiger partial charge in [0.2, 0.25) is 0 Å². The lowest BCUT2D eigenvalue weighted by Crippen LogP contribution is -2.00. The largest absolute Gasteiger partial charge is 0.456 e. The maximum absolute atomic E-state index is 9.54. The summed E-state index contributed by atoms with van der Waals surface area (Å²) < 4.78 is 68.0. The zero-order chi connectivity index (χ0) is 42.2. The van der Waals surface area contributed by atoms with E-state index >= 15 is 0 Å². The van der Waals surface area contributed by atoms with Gasteiger partial charge in [-0.05, 0) is 81.8 Å². The minimum Gasteiger partial charge on any atom is -0.456 e. The number of para-hydroxylation sites is 1. The average molecular weight is 724 g/mol. The molecule has 0 fully saturated rings. The predicted octanol–water partition coefficient (Wildman–Crippen LogP) is 13.7. The van der Waals surface area contributed by atoms with Crippen LogP contribution >= 0.6 is 0 Å². The van der Waals surface area contributed by atoms with Gasteiger partial charge in [0, 0.05) is 38.2 Å². The smallest absolute Gasteiger partial charge is 0.164 e. The Morgan fingerprint density at radius 1 is 0.304 bits per heavy atom. The van der Waals surface area contributed by atoms with Crippen molar-refractivity contribution in [1.82, 2.24) is 15.0 Å². The van der Waals surface area contributed by atoms with Crippen molar-refractivity contribution >= 4 is 43.9 Å². The fourth-order valence-corrected chi connectivity index (χ4v) is 7.16. The van der Waals surface area contributed by atoms with E-state index in [1.807, 2.05) is 152 Å². The van der Waals surface area contributed by atoms with E-state index in [4.69, 9.17) is 26.5 Å². The molecule has 56 heavy (non-hydrogen) atoms. The third kappa shape index (κ3) is 5.62. The fraction of sp³-hybridized carbons (Fsp3) is 0. The van der Waals surface area contributed by atoms with Crippen molar-refractivity contribution in [2.24, 2.45) is 0 Å². The molecule has 0 radical (unpaired) electrons. The maximum Gasteiger partial charge on any atom is 0.164 e. The van der Waals surface area contributed by atoms with Crippen LogP contribution in [-0.4, -0.2) is 15.0 Å². The highest BCUT2D eigenvalue weighted by Gasteiger charge is 2.17. The summed E-state index contributed by atoms with van der Waals surface area (Å²) in [6.45, 7) is 0. The van der Waals surface area contributed by atoms with Gasteiger partial charge in [-0.25, -0.2) is 15.0 Å². The predicted molar refractivity (Wildman–Crippen MR) is 227 cm³/mol. The van der Waals surface area contributed by atoms with Crippen LogP contribution in [0.1, 0.15) is 8.22 Å². The molecule has 3 heterocycles. The van der Waals surface area contributed by atoms with Crippen LogP contribution in [0.15, 0.2) is 197 Å². The molecular formula is C51H31N3O2. The van der Waals surface area contributed by atoms with E-state index in [-0.39, 0.29) is 81.0 Å². The summed E-state index contributed by atoms with van der Waals surface area (Å²) in [7, 11) is 0. The van der Waals surface area contributed by atoms with Gasteiger partial charge in [-0.2, -0.15) is 0 Å². The van der Waals surface area contributed by atoms with E-state index in [0.29, 0.717) is 28.1 Å². The van der Waals surface area contributed by atoms with Gasteiger partial charge in [0.25, 0.3) is 0 Å². The molecule has 5 nitrogen and oxygen atoms in total. The Labute approximate surface area is 330 Å². The van der Waals surface area contributed by atoms with Gasteiger partial charge in [0.05, 0.1) is 8.22 Å². The van der Waals surface area contributed by atoms with E-state index in [9.17, 15) is 5.48 Å². The first-order chi connectivity index (χ1) is 30.2. The summed E-state index contributed by atoms with van der Waals surface area (Å²) in [6, 6.07) is 46.9. The standard InChI is InChI=1S/C51H31N3O2/c1-3-9-32(10-4-1)34-15-17-36(18-16-34)38-24-27-47-43(29-38)42-26-23-40(31-48(42)56-47)51-53-49(37-21-19-35(20-22-37)33-11-5-2-6-12-33)52-50(54-51)39-25-28-46-44(30-39)41-13-7-8-14-45(41)55-46/h1-31H/i23D,24D,26D,27D,29D,31D. The molecule has 0 saturated carbocycles. The van der Waals surface area contributed by atoms with Gasteiger partial charge < -0.3 is 8.83 Å². The molecule has 0 saturated heterocycles. The van der Waals surface area contributed by atoms with Crippen molar-refractivity contribution in [1.29, 1.82) is 0 Å². The quantitative estimate of drug-likeness (QED) is 0.171. The van der Waals surface area contributed by atoms with Crippen LogP contribution < -0.4 is 0 Å². The van der Waals surface area contributed by atoms with E-state index in [1.54, 1.807) is 0 Å². The SMILES string of the molecule is [2H]c1c(-c2ccc(-c3ccccc3)cc2)c([2H])c2c(oc3c([2H])c(-c4nc(-c5ccc(-c6ccccc6)cc5)nc(-c5ccc6oc7ccccc7c6c5)n4)c([2H])c([2H])c32)c1[2H]. The van der Waals surface area contributed by atoms with Crippen LogP contribution in [0.25, 0.3) is 111 Å². The number of rotatable bonds is 6. The third-order valence-corrected chi connectivity index (χ3v) is 10.0. The lowest BCUT2D eigenvalue weighted by atomic mass is 9.99. The number of aromatic nitrogens is 3. The molecule has 5 heteroatoms. The normalized spacial score (nSPS) is 13.1. The maximum atomic E-state index is 9.54. The van der Waals surface area contributed by atoms with Gasteiger partial charge in [0.15, 0.2) is 17.5 Å². The monoisotopic (exact) mass is 723 g/mol. The Bertz CT molecular complexity index is 3570. The van der Waals surface area contributed by atoms with Crippen molar-refractivity contribution < 1.29 is 17.1 Å². The minimum absolute atomic E-state index is 0.0160. The number of fused-ring (bicyclic) bond motifs is 6. The summed E-state index contributed by atoms with van der Waals surface area (Å²) in [5, 5.41) is 1.93. The van der Waals surface area contributed by atoms with Gasteiger partial charge in [-0.1, -0.05) is 139 Å². The summed E-state index contributed by atoms with van der Waals surface area (Å²) in [5.74, 6) is 0.557. The van der Waals surface area contributed by atoms with Crippen molar-refractivity contribution in [3.63, 3.8) is 0 Å². The second-order valence-corrected chi connectivity index (χ2v) is 13.5. The molecule has 0 spiro atoms. The fourth-order valence-electron chi connectivity index (χ4n) is 7.16. The molecule has 0 unspecified atom stereocenters. The summed E-state index contributed by atoms with van der Waals surface area (Å²) in [4.78, 5) is 14.6. The van der Waals surface area contributed by atoms with Crippen LogP contribution in [0.5, 0.6) is 0 Å². The van der Waals surface area contributed by atoms with E-state index in [2.05, 4.69) is 0 Å². The molecule has 0 aliphatic rings. The summed E-state index contributed by atoms with van der Waals surface area (Å²) in [6.07, 6.45) is 0. The van der Waals surface area contributed by atoms with Crippen LogP contribution in [0.2, 0.25) is 0 Å². The topological polar surface area (TPSA) is 65.0 Å². The van der Waals surface area contributed by atoms with Crippen LogP contribution in [0.4, 0.5) is 0 Å².